The summed E-state index contributed by atoms with van der Waals surface area (Å²) in [6.07, 6.45) is 4.72. The highest BCUT2D eigenvalue weighted by Gasteiger charge is 2.20. The van der Waals surface area contributed by atoms with E-state index in [1.165, 1.54) is 19.3 Å². The van der Waals surface area contributed by atoms with Crippen LogP contribution in [0.2, 0.25) is 0 Å². The molecule has 1 heterocycles. The van der Waals surface area contributed by atoms with Crippen LogP contribution in [0.4, 0.5) is 5.69 Å². The molecule has 0 aromatic heterocycles. The van der Waals surface area contributed by atoms with E-state index in [4.69, 9.17) is 5.11 Å². The summed E-state index contributed by atoms with van der Waals surface area (Å²) in [5.41, 5.74) is 2.09. The highest BCUT2D eigenvalue weighted by atomic mass is 16.3. The summed E-state index contributed by atoms with van der Waals surface area (Å²) in [4.78, 5) is 2.30. The third-order valence-electron chi connectivity index (χ3n) is 3.54. The molecule has 2 rings (SSSR count). The van der Waals surface area contributed by atoms with Crippen LogP contribution >= 0.6 is 0 Å². The van der Waals surface area contributed by atoms with Crippen LogP contribution in [0, 0.1) is 0 Å². The largest absolute Gasteiger partial charge is 0.394 e. The summed E-state index contributed by atoms with van der Waals surface area (Å²) in [5.74, 6) is 0. The van der Waals surface area contributed by atoms with Crippen molar-refractivity contribution in [1.82, 2.24) is 0 Å². The van der Waals surface area contributed by atoms with Crippen LogP contribution in [-0.4, -0.2) is 29.4 Å². The lowest BCUT2D eigenvalue weighted by Gasteiger charge is -2.31. The third-order valence-corrected chi connectivity index (χ3v) is 3.54. The minimum Gasteiger partial charge on any atom is -0.394 e. The number of hydrogen-bond donors (Lipinski definition) is 2. The quantitative estimate of drug-likeness (QED) is 0.841. The molecule has 2 N–H and O–H groups in total. The van der Waals surface area contributed by atoms with Gasteiger partial charge >= 0.3 is 0 Å². The first-order valence-corrected chi connectivity index (χ1v) is 6.42. The van der Waals surface area contributed by atoms with Gasteiger partial charge in [0.1, 0.15) is 0 Å². The summed E-state index contributed by atoms with van der Waals surface area (Å²) in [6, 6.07) is 8.24. The van der Waals surface area contributed by atoms with E-state index in [-0.39, 0.29) is 19.3 Å². The Labute approximate surface area is 103 Å². The van der Waals surface area contributed by atoms with Crippen LogP contribution < -0.4 is 4.90 Å². The molecule has 0 bridgehead atoms. The molecular weight excluding hydrogens is 214 g/mol. The van der Waals surface area contributed by atoms with E-state index in [0.29, 0.717) is 0 Å². The van der Waals surface area contributed by atoms with Crippen molar-refractivity contribution in [3.05, 3.63) is 29.8 Å². The van der Waals surface area contributed by atoms with Gasteiger partial charge in [-0.25, -0.2) is 0 Å². The molecule has 1 atom stereocenters. The van der Waals surface area contributed by atoms with E-state index in [9.17, 15) is 5.11 Å². The lowest BCUT2D eigenvalue weighted by atomic mass is 10.1. The Morgan fingerprint density at radius 2 is 1.82 bits per heavy atom. The van der Waals surface area contributed by atoms with E-state index in [2.05, 4.69) is 4.90 Å². The van der Waals surface area contributed by atoms with Crippen molar-refractivity contribution >= 4 is 5.69 Å². The van der Waals surface area contributed by atoms with Crippen molar-refractivity contribution in [3.63, 3.8) is 0 Å². The molecule has 0 aliphatic carbocycles. The molecule has 1 aromatic carbocycles. The van der Waals surface area contributed by atoms with Gasteiger partial charge in [-0.15, -0.1) is 0 Å². The van der Waals surface area contributed by atoms with E-state index in [1.54, 1.807) is 0 Å². The fraction of sp³-hybridized carbons (Fsp3) is 0.571. The number of aliphatic hydroxyl groups is 2. The van der Waals surface area contributed by atoms with Crippen LogP contribution in [0.3, 0.4) is 0 Å². The Hall–Kier alpha value is -1.06. The highest BCUT2D eigenvalue weighted by molar-refractivity contribution is 5.48. The molecule has 1 saturated heterocycles. The minimum atomic E-state index is 0.0870. The van der Waals surface area contributed by atoms with Gasteiger partial charge in [0.25, 0.3) is 0 Å². The van der Waals surface area contributed by atoms with Gasteiger partial charge in [0, 0.05) is 12.2 Å². The molecular formula is C14H21NO2. The molecule has 0 saturated carbocycles. The smallest absolute Gasteiger partial charge is 0.0681 e. The van der Waals surface area contributed by atoms with Gasteiger partial charge in [0.15, 0.2) is 0 Å². The molecule has 1 aromatic rings. The molecule has 3 nitrogen and oxygen atoms in total. The lowest BCUT2D eigenvalue weighted by Crippen LogP contribution is -2.37. The Balaban J connectivity index is 2.16. The van der Waals surface area contributed by atoms with Gasteiger partial charge in [-0.1, -0.05) is 25.0 Å². The third kappa shape index (κ3) is 2.99. The normalized spacial score (nSPS) is 21.3. The highest BCUT2D eigenvalue weighted by Crippen LogP contribution is 2.24. The van der Waals surface area contributed by atoms with Crippen LogP contribution in [0.1, 0.15) is 31.2 Å². The fourth-order valence-corrected chi connectivity index (χ4v) is 2.50. The molecule has 0 radical (unpaired) electrons. The standard InChI is InChI=1S/C14H21NO2/c16-10-12-5-7-13(8-6-12)15-9-3-1-2-4-14(15)11-17/h5-8,14,16-17H,1-4,9-11H2. The van der Waals surface area contributed by atoms with Crippen LogP contribution in [0.25, 0.3) is 0 Å². The van der Waals surface area contributed by atoms with Crippen LogP contribution in [0.15, 0.2) is 24.3 Å². The fourth-order valence-electron chi connectivity index (χ4n) is 2.50. The Morgan fingerprint density at radius 1 is 1.06 bits per heavy atom. The maximum atomic E-state index is 9.47. The SMILES string of the molecule is OCc1ccc(N2CCCCCC2CO)cc1. The summed E-state index contributed by atoms with van der Waals surface area (Å²) < 4.78 is 0. The van der Waals surface area contributed by atoms with E-state index < -0.39 is 0 Å². The molecule has 17 heavy (non-hydrogen) atoms. The number of anilines is 1. The summed E-state index contributed by atoms with van der Waals surface area (Å²) in [5, 5.41) is 18.5. The average molecular weight is 235 g/mol. The monoisotopic (exact) mass is 235 g/mol. The topological polar surface area (TPSA) is 43.7 Å². The van der Waals surface area contributed by atoms with Crippen molar-refractivity contribution in [2.45, 2.75) is 38.3 Å². The number of aliphatic hydroxyl groups excluding tert-OH is 2. The molecule has 1 aliphatic heterocycles. The predicted molar refractivity (Wildman–Crippen MR) is 69.1 cm³/mol. The maximum absolute atomic E-state index is 9.47. The molecule has 1 unspecified atom stereocenters. The van der Waals surface area contributed by atoms with E-state index in [1.807, 2.05) is 24.3 Å². The van der Waals surface area contributed by atoms with Crippen molar-refractivity contribution in [3.8, 4) is 0 Å². The Kier molecular flexibility index (Phi) is 4.40. The first-order chi connectivity index (χ1) is 8.35. The number of nitrogens with zero attached hydrogens (tertiary/aromatic N) is 1. The first kappa shape index (κ1) is 12.4. The van der Waals surface area contributed by atoms with Gasteiger partial charge in [0.2, 0.25) is 0 Å². The van der Waals surface area contributed by atoms with Crippen LogP contribution in [-0.2, 0) is 6.61 Å². The van der Waals surface area contributed by atoms with E-state index in [0.717, 1.165) is 24.2 Å². The molecule has 0 spiro atoms. The van der Waals surface area contributed by atoms with Gasteiger partial charge in [0.05, 0.1) is 19.3 Å². The second-order valence-corrected chi connectivity index (χ2v) is 4.70. The second-order valence-electron chi connectivity index (χ2n) is 4.70. The molecule has 0 amide bonds. The maximum Gasteiger partial charge on any atom is 0.0681 e. The zero-order chi connectivity index (χ0) is 12.1. The summed E-state index contributed by atoms with van der Waals surface area (Å²) in [6.45, 7) is 1.33. The van der Waals surface area contributed by atoms with E-state index >= 15 is 0 Å². The minimum absolute atomic E-state index is 0.0870. The molecule has 1 aliphatic rings. The van der Waals surface area contributed by atoms with Crippen molar-refractivity contribution in [1.29, 1.82) is 0 Å². The molecule has 3 heteroatoms. The first-order valence-electron chi connectivity index (χ1n) is 6.42. The zero-order valence-electron chi connectivity index (χ0n) is 10.2. The number of hydrogen-bond acceptors (Lipinski definition) is 3. The Morgan fingerprint density at radius 3 is 2.47 bits per heavy atom. The van der Waals surface area contributed by atoms with Crippen molar-refractivity contribution < 1.29 is 10.2 Å². The van der Waals surface area contributed by atoms with Gasteiger partial charge in [-0.3, -0.25) is 0 Å². The Bertz CT molecular complexity index is 337. The number of benzene rings is 1. The molecule has 1 fully saturated rings. The lowest BCUT2D eigenvalue weighted by molar-refractivity contribution is 0.255. The number of rotatable bonds is 3. The average Bonchev–Trinajstić information content (AvgIpc) is 2.64. The zero-order valence-corrected chi connectivity index (χ0v) is 10.2. The second kappa shape index (κ2) is 6.03. The van der Waals surface area contributed by atoms with Gasteiger partial charge < -0.3 is 15.1 Å². The van der Waals surface area contributed by atoms with Crippen LogP contribution in [0.5, 0.6) is 0 Å². The van der Waals surface area contributed by atoms with Crippen molar-refractivity contribution in [2.24, 2.45) is 0 Å². The van der Waals surface area contributed by atoms with Gasteiger partial charge in [-0.2, -0.15) is 0 Å². The van der Waals surface area contributed by atoms with Crippen molar-refractivity contribution in [2.75, 3.05) is 18.1 Å². The summed E-state index contributed by atoms with van der Waals surface area (Å²) >= 11 is 0. The van der Waals surface area contributed by atoms with Gasteiger partial charge in [-0.05, 0) is 30.5 Å². The summed E-state index contributed by atoms with van der Waals surface area (Å²) in [7, 11) is 0. The molecule has 94 valence electrons. The predicted octanol–water partition coefficient (Wildman–Crippen LogP) is 1.92.